The summed E-state index contributed by atoms with van der Waals surface area (Å²) in [4.78, 5) is 15.0. The van der Waals surface area contributed by atoms with Crippen LogP contribution in [0.2, 0.25) is 0 Å². The second-order valence-corrected chi connectivity index (χ2v) is 8.82. The summed E-state index contributed by atoms with van der Waals surface area (Å²) in [5.74, 6) is 1.09. The number of carbonyl (C=O) groups excluding carboxylic acids is 1. The quantitative estimate of drug-likeness (QED) is 0.845. The van der Waals surface area contributed by atoms with Gasteiger partial charge in [0.1, 0.15) is 0 Å². The number of hydrogen-bond acceptors (Lipinski definition) is 3. The van der Waals surface area contributed by atoms with Crippen LogP contribution in [0.5, 0.6) is 0 Å². The third-order valence-electron chi connectivity index (χ3n) is 5.85. The van der Waals surface area contributed by atoms with Gasteiger partial charge in [-0.1, -0.05) is 12.8 Å². The number of hydrogen-bond donors (Lipinski definition) is 0. The summed E-state index contributed by atoms with van der Waals surface area (Å²) >= 11 is 1.91. The van der Waals surface area contributed by atoms with Crippen LogP contribution in [-0.2, 0) is 4.79 Å². The van der Waals surface area contributed by atoms with Gasteiger partial charge in [-0.25, -0.2) is 0 Å². The highest BCUT2D eigenvalue weighted by atomic mass is 32.2. The number of nitrogens with zero attached hydrogens (tertiary/aromatic N) is 3. The van der Waals surface area contributed by atoms with Crippen molar-refractivity contribution < 1.29 is 4.79 Å². The van der Waals surface area contributed by atoms with Gasteiger partial charge < -0.3 is 4.90 Å². The maximum atomic E-state index is 12.7. The van der Waals surface area contributed by atoms with Crippen molar-refractivity contribution in [2.45, 2.75) is 81.7 Å². The molecule has 23 heavy (non-hydrogen) atoms. The van der Waals surface area contributed by atoms with Crippen molar-refractivity contribution in [1.29, 1.82) is 0 Å². The summed E-state index contributed by atoms with van der Waals surface area (Å²) in [6.45, 7) is 2.09. The van der Waals surface area contributed by atoms with Gasteiger partial charge in [0.2, 0.25) is 5.91 Å². The molecule has 126 valence electrons. The summed E-state index contributed by atoms with van der Waals surface area (Å²) in [6.07, 6.45) is 13.9. The van der Waals surface area contributed by atoms with Crippen molar-refractivity contribution in [3.05, 3.63) is 18.0 Å². The van der Waals surface area contributed by atoms with E-state index in [4.69, 9.17) is 0 Å². The van der Waals surface area contributed by atoms with Crippen LogP contribution in [0.3, 0.4) is 0 Å². The minimum Gasteiger partial charge on any atom is -0.336 e. The van der Waals surface area contributed by atoms with Crippen molar-refractivity contribution >= 4 is 17.7 Å². The third-order valence-corrected chi connectivity index (χ3v) is 7.20. The predicted molar refractivity (Wildman–Crippen MR) is 93.6 cm³/mol. The fraction of sp³-hybridized carbons (Fsp3) is 0.778. The molecule has 2 aliphatic heterocycles. The average Bonchev–Trinajstić information content (AvgIpc) is 3.25. The average molecular weight is 334 g/mol. The van der Waals surface area contributed by atoms with Gasteiger partial charge in [-0.3, -0.25) is 9.48 Å². The lowest BCUT2D eigenvalue weighted by atomic mass is 9.97. The van der Waals surface area contributed by atoms with Gasteiger partial charge in [-0.05, 0) is 51.0 Å². The number of piperidine rings is 1. The molecule has 2 atom stereocenters. The molecule has 1 aromatic rings. The van der Waals surface area contributed by atoms with Crippen LogP contribution in [-0.4, -0.2) is 43.7 Å². The zero-order chi connectivity index (χ0) is 15.8. The minimum absolute atomic E-state index is 0.393. The highest BCUT2D eigenvalue weighted by molar-refractivity contribution is 8.00. The Morgan fingerprint density at radius 1 is 1.17 bits per heavy atom. The monoisotopic (exact) mass is 333 g/mol. The van der Waals surface area contributed by atoms with Crippen LogP contribution in [0, 0.1) is 6.92 Å². The third kappa shape index (κ3) is 3.17. The van der Waals surface area contributed by atoms with Crippen LogP contribution in [0.25, 0.3) is 0 Å². The molecule has 1 amide bonds. The summed E-state index contributed by atoms with van der Waals surface area (Å²) in [7, 11) is 0. The fourth-order valence-corrected chi connectivity index (χ4v) is 5.92. The van der Waals surface area contributed by atoms with Crippen LogP contribution in [0.15, 0.2) is 12.4 Å². The molecule has 4 nitrogen and oxygen atoms in total. The molecule has 1 saturated carbocycles. The van der Waals surface area contributed by atoms with E-state index in [0.717, 1.165) is 18.1 Å². The lowest BCUT2D eigenvalue weighted by Gasteiger charge is -2.39. The van der Waals surface area contributed by atoms with E-state index < -0.39 is 0 Å². The molecule has 0 N–H and O–H groups in total. The number of thioether (sulfide) groups is 1. The Kier molecular flexibility index (Phi) is 4.39. The Bertz CT molecular complexity index is 552. The first-order valence-electron chi connectivity index (χ1n) is 9.14. The van der Waals surface area contributed by atoms with Gasteiger partial charge in [0.15, 0.2) is 0 Å². The Balaban J connectivity index is 1.37. The van der Waals surface area contributed by atoms with Crippen molar-refractivity contribution in [1.82, 2.24) is 14.7 Å². The zero-order valence-electron chi connectivity index (χ0n) is 14.0. The molecular weight excluding hydrogens is 306 g/mol. The molecule has 3 fully saturated rings. The van der Waals surface area contributed by atoms with Crippen LogP contribution in [0.4, 0.5) is 0 Å². The molecule has 2 bridgehead atoms. The molecule has 3 aliphatic rings. The topological polar surface area (TPSA) is 38.1 Å². The molecule has 1 aliphatic carbocycles. The summed E-state index contributed by atoms with van der Waals surface area (Å²) in [5, 5.41) is 5.24. The number of amides is 1. The van der Waals surface area contributed by atoms with Crippen molar-refractivity contribution in [3.63, 3.8) is 0 Å². The van der Waals surface area contributed by atoms with Gasteiger partial charge in [0, 0.05) is 23.5 Å². The normalized spacial score (nSPS) is 31.0. The van der Waals surface area contributed by atoms with Gasteiger partial charge in [0.05, 0.1) is 18.0 Å². The number of aryl methyl sites for hydroxylation is 1. The molecule has 0 radical (unpaired) electrons. The van der Waals surface area contributed by atoms with Crippen LogP contribution >= 0.6 is 11.8 Å². The lowest BCUT2D eigenvalue weighted by molar-refractivity contribution is -0.133. The number of aromatic nitrogens is 2. The Hall–Kier alpha value is -0.970. The molecule has 5 heteroatoms. The Morgan fingerprint density at radius 3 is 2.48 bits per heavy atom. The molecule has 0 spiro atoms. The first kappa shape index (κ1) is 15.6. The van der Waals surface area contributed by atoms with Crippen molar-refractivity contribution in [2.24, 2.45) is 0 Å². The van der Waals surface area contributed by atoms with E-state index >= 15 is 0 Å². The number of rotatable bonds is 4. The number of carbonyl (C=O) groups is 1. The first-order valence-corrected chi connectivity index (χ1v) is 10.2. The molecule has 3 heterocycles. The molecule has 0 aromatic carbocycles. The molecule has 1 aromatic heterocycles. The number of fused-ring (bicyclic) bond motifs is 2. The molecule has 2 saturated heterocycles. The van der Waals surface area contributed by atoms with E-state index in [-0.39, 0.29) is 0 Å². The first-order chi connectivity index (χ1) is 11.2. The molecular formula is C18H27N3OS. The maximum Gasteiger partial charge on any atom is 0.233 e. The van der Waals surface area contributed by atoms with Crippen molar-refractivity contribution in [2.75, 3.05) is 5.75 Å². The largest absolute Gasteiger partial charge is 0.336 e. The fourth-order valence-electron chi connectivity index (χ4n) is 4.72. The van der Waals surface area contributed by atoms with E-state index in [1.165, 1.54) is 44.1 Å². The molecule has 2 unspecified atom stereocenters. The smallest absolute Gasteiger partial charge is 0.233 e. The second kappa shape index (κ2) is 6.50. The Labute approximate surface area is 143 Å². The van der Waals surface area contributed by atoms with Gasteiger partial charge in [-0.2, -0.15) is 5.10 Å². The van der Waals surface area contributed by atoms with E-state index in [1.807, 2.05) is 18.0 Å². The van der Waals surface area contributed by atoms with Gasteiger partial charge in [-0.15, -0.1) is 11.8 Å². The van der Waals surface area contributed by atoms with Gasteiger partial charge >= 0.3 is 0 Å². The predicted octanol–water partition coefficient (Wildman–Crippen LogP) is 3.56. The van der Waals surface area contributed by atoms with Gasteiger partial charge in [0.25, 0.3) is 0 Å². The second-order valence-electron chi connectivity index (χ2n) is 7.53. The summed E-state index contributed by atoms with van der Waals surface area (Å²) < 4.78 is 2.13. The van der Waals surface area contributed by atoms with E-state index in [2.05, 4.69) is 27.8 Å². The van der Waals surface area contributed by atoms with E-state index in [1.54, 1.807) is 0 Å². The van der Waals surface area contributed by atoms with Crippen molar-refractivity contribution in [3.8, 4) is 0 Å². The minimum atomic E-state index is 0.393. The van der Waals surface area contributed by atoms with Crippen LogP contribution < -0.4 is 0 Å². The summed E-state index contributed by atoms with van der Waals surface area (Å²) in [6, 6.07) is 1.37. The van der Waals surface area contributed by atoms with E-state index in [9.17, 15) is 4.79 Å². The molecule has 4 rings (SSSR count). The standard InChI is InChI=1S/C18H27N3OS/c1-13-10-19-20(11-13)16-8-14-6-7-15(9-16)21(14)18(22)12-23-17-4-2-3-5-17/h10-11,14-17H,2-9,12H2,1H3. The van der Waals surface area contributed by atoms with E-state index in [0.29, 0.717) is 29.8 Å². The SMILES string of the molecule is Cc1cnn(C2CC3CCC(C2)N3C(=O)CSC2CCCC2)c1. The maximum absolute atomic E-state index is 12.7. The zero-order valence-corrected chi connectivity index (χ0v) is 14.8. The summed E-state index contributed by atoms with van der Waals surface area (Å²) in [5.41, 5.74) is 1.23. The Morgan fingerprint density at radius 2 is 1.87 bits per heavy atom. The lowest BCUT2D eigenvalue weighted by Crippen LogP contribution is -2.47. The highest BCUT2D eigenvalue weighted by Gasteiger charge is 2.43. The van der Waals surface area contributed by atoms with Crippen LogP contribution in [0.1, 0.15) is 63.0 Å². The highest BCUT2D eigenvalue weighted by Crippen LogP contribution is 2.41.